The van der Waals surface area contributed by atoms with Gasteiger partial charge in [0.05, 0.1) is 0 Å². The number of guanidine groups is 1. The lowest BCUT2D eigenvalue weighted by atomic mass is 10.4. The number of halogens is 1. The first-order chi connectivity index (χ1) is 10.8. The van der Waals surface area contributed by atoms with Crippen molar-refractivity contribution in [3.8, 4) is 0 Å². The Hall–Kier alpha value is -1.42. The Balaban J connectivity index is 0.00000264. The third-order valence-electron chi connectivity index (χ3n) is 3.21. The molecule has 0 fully saturated rings. The second-order valence-electron chi connectivity index (χ2n) is 4.77. The molecule has 2 aromatic rings. The molecule has 0 atom stereocenters. The van der Waals surface area contributed by atoms with E-state index in [1.54, 1.807) is 7.05 Å². The maximum Gasteiger partial charge on any atom is 0.190 e. The summed E-state index contributed by atoms with van der Waals surface area (Å²) < 4.78 is 7.30. The fourth-order valence-corrected chi connectivity index (χ4v) is 2.10. The zero-order valence-corrected chi connectivity index (χ0v) is 16.0. The number of nitrogens with one attached hydrogen (secondary N) is 2. The van der Waals surface area contributed by atoms with Crippen molar-refractivity contribution in [1.82, 2.24) is 25.2 Å². The van der Waals surface area contributed by atoms with Crippen molar-refractivity contribution in [2.45, 2.75) is 19.8 Å². The molecule has 2 heterocycles. The van der Waals surface area contributed by atoms with E-state index in [0.717, 1.165) is 56.6 Å². The number of nitrogens with zero attached hydrogens (tertiary/aromatic N) is 4. The van der Waals surface area contributed by atoms with E-state index < -0.39 is 0 Å². The molecular formula is C15H25IN6O. The number of pyridine rings is 1. The van der Waals surface area contributed by atoms with Gasteiger partial charge >= 0.3 is 0 Å². The first-order valence-corrected chi connectivity index (χ1v) is 7.66. The van der Waals surface area contributed by atoms with Crippen LogP contribution in [-0.4, -0.2) is 53.9 Å². The molecule has 0 radical (unpaired) electrons. The molecule has 23 heavy (non-hydrogen) atoms. The number of fused-ring (bicyclic) bond motifs is 1. The summed E-state index contributed by atoms with van der Waals surface area (Å²) in [5, 5.41) is 14.9. The minimum Gasteiger partial charge on any atom is -0.382 e. The Morgan fingerprint density at radius 2 is 2.09 bits per heavy atom. The molecule has 2 N–H and O–H groups in total. The van der Waals surface area contributed by atoms with Crippen molar-refractivity contribution < 1.29 is 4.74 Å². The third-order valence-corrected chi connectivity index (χ3v) is 3.21. The van der Waals surface area contributed by atoms with E-state index in [0.29, 0.717) is 0 Å². The molecule has 0 aliphatic heterocycles. The van der Waals surface area contributed by atoms with Crippen LogP contribution in [-0.2, 0) is 11.2 Å². The number of hydrogen-bond acceptors (Lipinski definition) is 4. The molecule has 7 nitrogen and oxygen atoms in total. The highest BCUT2D eigenvalue weighted by Crippen LogP contribution is 2.02. The van der Waals surface area contributed by atoms with Crippen molar-refractivity contribution in [2.75, 3.05) is 33.4 Å². The molecule has 0 saturated carbocycles. The fraction of sp³-hybridized carbons (Fsp3) is 0.533. The van der Waals surface area contributed by atoms with Crippen LogP contribution in [0.15, 0.2) is 29.4 Å². The predicted molar refractivity (Wildman–Crippen MR) is 103 cm³/mol. The predicted octanol–water partition coefficient (Wildman–Crippen LogP) is 1.48. The highest BCUT2D eigenvalue weighted by molar-refractivity contribution is 14.0. The quantitative estimate of drug-likeness (QED) is 0.286. The molecule has 128 valence electrons. The maximum absolute atomic E-state index is 5.30. The first-order valence-electron chi connectivity index (χ1n) is 7.66. The third kappa shape index (κ3) is 6.30. The molecule has 0 spiro atoms. The van der Waals surface area contributed by atoms with Gasteiger partial charge in [-0.05, 0) is 25.5 Å². The topological polar surface area (TPSA) is 75.8 Å². The SMILES string of the molecule is CCOCCCNC(=NC)NCCc1nnc2ccccn12.I. The summed E-state index contributed by atoms with van der Waals surface area (Å²) in [5.74, 6) is 1.74. The van der Waals surface area contributed by atoms with E-state index in [4.69, 9.17) is 4.74 Å². The van der Waals surface area contributed by atoms with Crippen molar-refractivity contribution in [3.05, 3.63) is 30.2 Å². The van der Waals surface area contributed by atoms with Gasteiger partial charge < -0.3 is 15.4 Å². The van der Waals surface area contributed by atoms with Crippen LogP contribution in [0.2, 0.25) is 0 Å². The molecule has 2 aromatic heterocycles. The lowest BCUT2D eigenvalue weighted by Gasteiger charge is -2.11. The Labute approximate surface area is 153 Å². The minimum atomic E-state index is 0. The van der Waals surface area contributed by atoms with E-state index in [9.17, 15) is 0 Å². The Morgan fingerprint density at radius 3 is 2.87 bits per heavy atom. The maximum atomic E-state index is 5.30. The highest BCUT2D eigenvalue weighted by atomic mass is 127. The van der Waals surface area contributed by atoms with E-state index in [1.165, 1.54) is 0 Å². The van der Waals surface area contributed by atoms with Gasteiger partial charge in [0, 0.05) is 46.0 Å². The minimum absolute atomic E-state index is 0. The summed E-state index contributed by atoms with van der Waals surface area (Å²) in [5.41, 5.74) is 0.871. The zero-order chi connectivity index (χ0) is 15.6. The first kappa shape index (κ1) is 19.6. The summed E-state index contributed by atoms with van der Waals surface area (Å²) in [7, 11) is 1.77. The molecule has 0 amide bonds. The summed E-state index contributed by atoms with van der Waals surface area (Å²) in [6.45, 7) is 5.13. The van der Waals surface area contributed by atoms with Crippen LogP contribution >= 0.6 is 24.0 Å². The Kier molecular flexibility index (Phi) is 9.53. The lowest BCUT2D eigenvalue weighted by Crippen LogP contribution is -2.39. The van der Waals surface area contributed by atoms with Crippen LogP contribution in [0.4, 0.5) is 0 Å². The molecule has 0 aliphatic rings. The summed E-state index contributed by atoms with van der Waals surface area (Å²) in [4.78, 5) is 4.20. The molecule has 0 aliphatic carbocycles. The molecular weight excluding hydrogens is 407 g/mol. The average Bonchev–Trinajstić information content (AvgIpc) is 2.96. The van der Waals surface area contributed by atoms with Gasteiger partial charge in [0.25, 0.3) is 0 Å². The van der Waals surface area contributed by atoms with Crippen LogP contribution in [0.25, 0.3) is 5.65 Å². The Bertz CT molecular complexity index is 600. The van der Waals surface area contributed by atoms with E-state index >= 15 is 0 Å². The van der Waals surface area contributed by atoms with Gasteiger partial charge in [0.15, 0.2) is 11.6 Å². The fourth-order valence-electron chi connectivity index (χ4n) is 2.10. The number of hydrogen-bond donors (Lipinski definition) is 2. The van der Waals surface area contributed by atoms with E-state index in [2.05, 4.69) is 25.8 Å². The lowest BCUT2D eigenvalue weighted by molar-refractivity contribution is 0.145. The van der Waals surface area contributed by atoms with Crippen LogP contribution in [0.3, 0.4) is 0 Å². The van der Waals surface area contributed by atoms with Gasteiger partial charge in [0.1, 0.15) is 5.82 Å². The van der Waals surface area contributed by atoms with Gasteiger partial charge in [-0.15, -0.1) is 34.2 Å². The molecule has 0 aromatic carbocycles. The van der Waals surface area contributed by atoms with Crippen molar-refractivity contribution in [3.63, 3.8) is 0 Å². The van der Waals surface area contributed by atoms with E-state index in [1.807, 2.05) is 35.7 Å². The Morgan fingerprint density at radius 1 is 1.26 bits per heavy atom. The number of aliphatic imine (C=N–C) groups is 1. The number of rotatable bonds is 8. The second kappa shape index (κ2) is 11.2. The number of aromatic nitrogens is 3. The van der Waals surface area contributed by atoms with Crippen molar-refractivity contribution in [2.24, 2.45) is 4.99 Å². The van der Waals surface area contributed by atoms with Gasteiger partial charge in [0.2, 0.25) is 0 Å². The number of ether oxygens (including phenoxy) is 1. The van der Waals surface area contributed by atoms with Crippen LogP contribution in [0.5, 0.6) is 0 Å². The molecule has 0 saturated heterocycles. The van der Waals surface area contributed by atoms with Crippen LogP contribution < -0.4 is 10.6 Å². The zero-order valence-electron chi connectivity index (χ0n) is 13.7. The van der Waals surface area contributed by atoms with Gasteiger partial charge in [-0.25, -0.2) is 0 Å². The summed E-state index contributed by atoms with van der Waals surface area (Å²) >= 11 is 0. The van der Waals surface area contributed by atoms with Crippen molar-refractivity contribution in [1.29, 1.82) is 0 Å². The largest absolute Gasteiger partial charge is 0.382 e. The van der Waals surface area contributed by atoms with Gasteiger partial charge in [-0.1, -0.05) is 6.07 Å². The van der Waals surface area contributed by atoms with Gasteiger partial charge in [-0.3, -0.25) is 9.39 Å². The molecule has 2 rings (SSSR count). The average molecular weight is 432 g/mol. The van der Waals surface area contributed by atoms with Crippen LogP contribution in [0, 0.1) is 0 Å². The molecule has 0 unspecified atom stereocenters. The standard InChI is InChI=1S/C15H24N6O.HI/c1-3-22-12-6-9-17-15(16-2)18-10-8-14-20-19-13-7-4-5-11-21(13)14;/h4-5,7,11H,3,6,8-10,12H2,1-2H3,(H2,16,17,18);1H. The monoisotopic (exact) mass is 432 g/mol. The molecule has 0 bridgehead atoms. The smallest absolute Gasteiger partial charge is 0.190 e. The highest BCUT2D eigenvalue weighted by Gasteiger charge is 2.04. The molecule has 8 heteroatoms. The van der Waals surface area contributed by atoms with Crippen LogP contribution in [0.1, 0.15) is 19.2 Å². The summed E-state index contributed by atoms with van der Waals surface area (Å²) in [6, 6.07) is 5.88. The van der Waals surface area contributed by atoms with Crippen molar-refractivity contribution >= 4 is 35.6 Å². The van der Waals surface area contributed by atoms with E-state index in [-0.39, 0.29) is 24.0 Å². The summed E-state index contributed by atoms with van der Waals surface area (Å²) in [6.07, 6.45) is 3.72. The van der Waals surface area contributed by atoms with Gasteiger partial charge in [-0.2, -0.15) is 0 Å². The normalized spacial score (nSPS) is 11.3. The second-order valence-corrected chi connectivity index (χ2v) is 4.77.